The van der Waals surface area contributed by atoms with Crippen molar-refractivity contribution in [1.29, 1.82) is 0 Å². The predicted octanol–water partition coefficient (Wildman–Crippen LogP) is 4.09. The summed E-state index contributed by atoms with van der Waals surface area (Å²) in [6.07, 6.45) is 3.51. The zero-order valence-corrected chi connectivity index (χ0v) is 21.2. The van der Waals surface area contributed by atoms with Crippen molar-refractivity contribution in [3.8, 4) is 22.8 Å². The van der Waals surface area contributed by atoms with E-state index in [1.165, 1.54) is 17.3 Å². The lowest BCUT2D eigenvalue weighted by Crippen LogP contribution is -2.49. The molecule has 0 bridgehead atoms. The number of nitrogens with zero attached hydrogens (tertiary/aromatic N) is 6. The van der Waals surface area contributed by atoms with Gasteiger partial charge in [-0.1, -0.05) is 29.5 Å². The molecule has 1 amide bonds. The minimum Gasteiger partial charge on any atom is -0.497 e. The number of amides is 1. The van der Waals surface area contributed by atoms with Gasteiger partial charge in [-0.15, -0.1) is 10.2 Å². The monoisotopic (exact) mass is 500 g/mol. The summed E-state index contributed by atoms with van der Waals surface area (Å²) in [5.41, 5.74) is 4.14. The Kier molecular flexibility index (Phi) is 7.18. The van der Waals surface area contributed by atoms with Gasteiger partial charge in [-0.25, -0.2) is 0 Å². The number of carbonyl (C=O) groups is 1. The van der Waals surface area contributed by atoms with E-state index >= 15 is 0 Å². The van der Waals surface area contributed by atoms with Gasteiger partial charge in [0, 0.05) is 55.5 Å². The molecule has 5 rings (SSSR count). The Morgan fingerprint density at radius 2 is 1.67 bits per heavy atom. The van der Waals surface area contributed by atoms with Crippen LogP contribution in [0, 0.1) is 6.92 Å². The number of anilines is 1. The van der Waals surface area contributed by atoms with E-state index in [0.717, 1.165) is 35.8 Å². The summed E-state index contributed by atoms with van der Waals surface area (Å²) in [6.45, 7) is 5.04. The van der Waals surface area contributed by atoms with Gasteiger partial charge in [-0.05, 0) is 55.5 Å². The summed E-state index contributed by atoms with van der Waals surface area (Å²) < 4.78 is 7.24. The van der Waals surface area contributed by atoms with Crippen molar-refractivity contribution in [3.63, 3.8) is 0 Å². The molecule has 184 valence electrons. The van der Waals surface area contributed by atoms with Crippen molar-refractivity contribution < 1.29 is 9.53 Å². The molecule has 0 spiro atoms. The van der Waals surface area contributed by atoms with E-state index in [2.05, 4.69) is 51.3 Å². The van der Waals surface area contributed by atoms with Gasteiger partial charge in [0.25, 0.3) is 0 Å². The maximum Gasteiger partial charge on any atom is 0.233 e. The number of aromatic nitrogens is 4. The molecule has 1 aliphatic rings. The lowest BCUT2D eigenvalue weighted by Gasteiger charge is -2.36. The van der Waals surface area contributed by atoms with Crippen LogP contribution in [0.3, 0.4) is 0 Å². The van der Waals surface area contributed by atoms with Gasteiger partial charge in [0.05, 0.1) is 12.9 Å². The normalized spacial score (nSPS) is 13.6. The van der Waals surface area contributed by atoms with Gasteiger partial charge in [0.2, 0.25) is 5.91 Å². The number of rotatable bonds is 7. The largest absolute Gasteiger partial charge is 0.497 e. The Morgan fingerprint density at radius 3 is 2.33 bits per heavy atom. The molecule has 0 atom stereocenters. The zero-order valence-electron chi connectivity index (χ0n) is 20.4. The summed E-state index contributed by atoms with van der Waals surface area (Å²) in [4.78, 5) is 21.5. The molecule has 1 saturated heterocycles. The van der Waals surface area contributed by atoms with E-state index in [-0.39, 0.29) is 5.91 Å². The topological polar surface area (TPSA) is 76.4 Å². The molecule has 0 saturated carbocycles. The highest BCUT2D eigenvalue weighted by Crippen LogP contribution is 2.28. The second-order valence-corrected chi connectivity index (χ2v) is 9.52. The molecular weight excluding hydrogens is 472 g/mol. The van der Waals surface area contributed by atoms with Gasteiger partial charge in [0.15, 0.2) is 11.0 Å². The van der Waals surface area contributed by atoms with E-state index in [9.17, 15) is 4.79 Å². The van der Waals surface area contributed by atoms with E-state index in [0.29, 0.717) is 29.8 Å². The Balaban J connectivity index is 1.26. The predicted molar refractivity (Wildman–Crippen MR) is 142 cm³/mol. The number of ether oxygens (including phenoxy) is 1. The average Bonchev–Trinajstić information content (AvgIpc) is 3.37. The molecule has 1 aliphatic heterocycles. The van der Waals surface area contributed by atoms with Crippen LogP contribution in [0.2, 0.25) is 0 Å². The Labute approximate surface area is 214 Å². The minimum absolute atomic E-state index is 0.107. The third kappa shape index (κ3) is 5.21. The van der Waals surface area contributed by atoms with Crippen LogP contribution in [-0.4, -0.2) is 69.6 Å². The van der Waals surface area contributed by atoms with Gasteiger partial charge < -0.3 is 14.5 Å². The second-order valence-electron chi connectivity index (χ2n) is 8.57. The van der Waals surface area contributed by atoms with Crippen LogP contribution in [0.4, 0.5) is 5.69 Å². The molecule has 1 fully saturated rings. The smallest absolute Gasteiger partial charge is 0.233 e. The Hall–Kier alpha value is -3.85. The highest BCUT2D eigenvalue weighted by Gasteiger charge is 2.23. The summed E-state index contributed by atoms with van der Waals surface area (Å²) in [5.74, 6) is 1.96. The first kappa shape index (κ1) is 23.9. The van der Waals surface area contributed by atoms with Gasteiger partial charge in [-0.2, -0.15) is 0 Å². The fraction of sp³-hybridized carbons (Fsp3) is 0.259. The average molecular weight is 501 g/mol. The van der Waals surface area contributed by atoms with Gasteiger partial charge >= 0.3 is 0 Å². The molecule has 4 aromatic rings. The second kappa shape index (κ2) is 10.8. The molecule has 9 heteroatoms. The Morgan fingerprint density at radius 1 is 0.944 bits per heavy atom. The van der Waals surface area contributed by atoms with Crippen LogP contribution in [0.1, 0.15) is 5.56 Å². The summed E-state index contributed by atoms with van der Waals surface area (Å²) in [7, 11) is 1.67. The van der Waals surface area contributed by atoms with Crippen molar-refractivity contribution in [3.05, 3.63) is 78.6 Å². The van der Waals surface area contributed by atoms with Crippen LogP contribution in [0.15, 0.2) is 78.2 Å². The van der Waals surface area contributed by atoms with Gasteiger partial charge in [-0.3, -0.25) is 14.3 Å². The van der Waals surface area contributed by atoms with Crippen LogP contribution in [-0.2, 0) is 4.79 Å². The summed E-state index contributed by atoms with van der Waals surface area (Å²) in [5, 5.41) is 9.56. The zero-order chi connectivity index (χ0) is 24.9. The molecule has 36 heavy (non-hydrogen) atoms. The number of aryl methyl sites for hydroxylation is 1. The molecular formula is C27H28N6O2S. The quantitative estimate of drug-likeness (QED) is 0.354. The summed E-state index contributed by atoms with van der Waals surface area (Å²) in [6, 6.07) is 20.1. The molecule has 0 unspecified atom stereocenters. The number of piperazine rings is 1. The van der Waals surface area contributed by atoms with Crippen LogP contribution in [0.5, 0.6) is 5.75 Å². The molecule has 8 nitrogen and oxygen atoms in total. The fourth-order valence-electron chi connectivity index (χ4n) is 4.20. The number of benzene rings is 2. The van der Waals surface area contributed by atoms with E-state index in [4.69, 9.17) is 4.74 Å². The number of hydrogen-bond acceptors (Lipinski definition) is 7. The first-order chi connectivity index (χ1) is 17.6. The van der Waals surface area contributed by atoms with Gasteiger partial charge in [0.1, 0.15) is 5.75 Å². The van der Waals surface area contributed by atoms with Crippen molar-refractivity contribution in [1.82, 2.24) is 24.6 Å². The van der Waals surface area contributed by atoms with Crippen molar-refractivity contribution >= 4 is 23.4 Å². The number of carbonyl (C=O) groups excluding carboxylic acids is 1. The van der Waals surface area contributed by atoms with E-state index in [1.807, 2.05) is 45.9 Å². The molecule has 0 N–H and O–H groups in total. The number of hydrogen-bond donors (Lipinski definition) is 0. The highest BCUT2D eigenvalue weighted by molar-refractivity contribution is 7.99. The molecule has 0 aliphatic carbocycles. The first-order valence-corrected chi connectivity index (χ1v) is 12.8. The maximum absolute atomic E-state index is 13.1. The molecule has 3 heterocycles. The minimum atomic E-state index is 0.107. The number of methoxy groups -OCH3 is 1. The third-order valence-electron chi connectivity index (χ3n) is 6.24. The molecule has 2 aromatic carbocycles. The highest BCUT2D eigenvalue weighted by atomic mass is 32.2. The van der Waals surface area contributed by atoms with Crippen LogP contribution in [0.25, 0.3) is 17.1 Å². The SMILES string of the molecule is COc1ccc(N2CCN(C(=O)CSc3nnc(-c4cccnc4)n3-c3ccc(C)cc3)CC2)cc1. The number of thioether (sulfide) groups is 1. The number of pyridine rings is 1. The summed E-state index contributed by atoms with van der Waals surface area (Å²) >= 11 is 1.41. The van der Waals surface area contributed by atoms with E-state index in [1.54, 1.807) is 19.5 Å². The van der Waals surface area contributed by atoms with Crippen molar-refractivity contribution in [2.24, 2.45) is 0 Å². The lowest BCUT2D eigenvalue weighted by atomic mass is 10.2. The molecule has 0 radical (unpaired) electrons. The van der Waals surface area contributed by atoms with Crippen LogP contribution < -0.4 is 9.64 Å². The third-order valence-corrected chi connectivity index (χ3v) is 7.15. The lowest BCUT2D eigenvalue weighted by molar-refractivity contribution is -0.128. The van der Waals surface area contributed by atoms with Crippen molar-refractivity contribution in [2.75, 3.05) is 43.9 Å². The van der Waals surface area contributed by atoms with E-state index < -0.39 is 0 Å². The van der Waals surface area contributed by atoms with Crippen LogP contribution >= 0.6 is 11.8 Å². The Bertz CT molecular complexity index is 1300. The van der Waals surface area contributed by atoms with Crippen molar-refractivity contribution in [2.45, 2.75) is 12.1 Å². The first-order valence-electron chi connectivity index (χ1n) is 11.8. The fourth-order valence-corrected chi connectivity index (χ4v) is 5.05. The maximum atomic E-state index is 13.1. The molecule has 2 aromatic heterocycles. The standard InChI is InChI=1S/C27H28N6O2S/c1-20-5-7-23(8-6-20)33-26(21-4-3-13-28-18-21)29-30-27(33)36-19-25(34)32-16-14-31(15-17-32)22-9-11-24(35-2)12-10-22/h3-13,18H,14-17,19H2,1-2H3.